The molecule has 2 aromatic rings. The number of carbonyl (C=O) groups excluding carboxylic acids is 1. The number of hydrogen-bond acceptors (Lipinski definition) is 7. The minimum absolute atomic E-state index is 0.126. The van der Waals surface area contributed by atoms with Gasteiger partial charge in [-0.1, -0.05) is 30.3 Å². The van der Waals surface area contributed by atoms with Gasteiger partial charge in [0, 0.05) is 50.8 Å². The van der Waals surface area contributed by atoms with Crippen LogP contribution in [0, 0.1) is 19.8 Å². The first-order valence-electron chi connectivity index (χ1n) is 17.6. The average molecular weight is 669 g/mol. The number of carbonyl (C=O) groups is 1. The Morgan fingerprint density at radius 3 is 2.30 bits per heavy atom. The van der Waals surface area contributed by atoms with E-state index < -0.39 is 16.1 Å². The lowest BCUT2D eigenvalue weighted by atomic mass is 9.72. The minimum atomic E-state index is -3.72. The monoisotopic (exact) mass is 668 g/mol. The summed E-state index contributed by atoms with van der Waals surface area (Å²) in [6.45, 7) is 11.2. The van der Waals surface area contributed by atoms with Gasteiger partial charge in [0.2, 0.25) is 15.9 Å². The number of nitrogens with one attached hydrogen (secondary N) is 1. The summed E-state index contributed by atoms with van der Waals surface area (Å²) in [6, 6.07) is 14.1. The Hall–Kier alpha value is -2.50. The highest BCUT2D eigenvalue weighted by atomic mass is 32.2. The van der Waals surface area contributed by atoms with Crippen LogP contribution >= 0.6 is 0 Å². The number of methoxy groups -OCH3 is 1. The van der Waals surface area contributed by atoms with Gasteiger partial charge in [-0.2, -0.15) is 4.31 Å². The van der Waals surface area contributed by atoms with E-state index in [9.17, 15) is 13.2 Å². The molecule has 0 bridgehead atoms. The first-order valence-corrected chi connectivity index (χ1v) is 19.0. The standard InChI is InChI=1S/C37H56N4O5S/c1-28-24-34(45-5)25-29(2)35(28)47(43,44)41-19-9-12-33(41)27-46-30(3)36(42)38-26-32-14-17-37(18-15-32,40-22-20-39(4)21-23-40)16-13-31-10-7-6-8-11-31/h6-8,10-11,24-25,30,32-33H,9,12-23,26-27H2,1-5H3,(H,38,42). The number of nitrogens with zero attached hydrogens (tertiary/aromatic N) is 3. The molecule has 1 saturated carbocycles. The summed E-state index contributed by atoms with van der Waals surface area (Å²) in [4.78, 5) is 18.6. The van der Waals surface area contributed by atoms with Crippen LogP contribution in [0.1, 0.15) is 68.6 Å². The second-order valence-corrected chi connectivity index (χ2v) is 16.0. The van der Waals surface area contributed by atoms with Crippen LogP contribution < -0.4 is 10.1 Å². The van der Waals surface area contributed by atoms with E-state index in [0.29, 0.717) is 47.2 Å². The fraction of sp³-hybridized carbons (Fsp3) is 0.649. The highest BCUT2D eigenvalue weighted by Crippen LogP contribution is 2.40. The lowest BCUT2D eigenvalue weighted by Gasteiger charge is -2.51. The van der Waals surface area contributed by atoms with Crippen molar-refractivity contribution in [1.29, 1.82) is 0 Å². The molecule has 10 heteroatoms. The molecule has 2 heterocycles. The number of piperazine rings is 1. The van der Waals surface area contributed by atoms with Crippen molar-refractivity contribution in [3.8, 4) is 5.75 Å². The van der Waals surface area contributed by atoms with E-state index in [1.54, 1.807) is 44.3 Å². The van der Waals surface area contributed by atoms with Gasteiger partial charge in [-0.25, -0.2) is 8.42 Å². The van der Waals surface area contributed by atoms with Gasteiger partial charge in [0.25, 0.3) is 0 Å². The number of benzene rings is 2. The van der Waals surface area contributed by atoms with Crippen molar-refractivity contribution in [2.24, 2.45) is 5.92 Å². The van der Waals surface area contributed by atoms with Crippen molar-refractivity contribution in [3.63, 3.8) is 0 Å². The molecule has 5 rings (SSSR count). The van der Waals surface area contributed by atoms with E-state index in [4.69, 9.17) is 9.47 Å². The predicted molar refractivity (Wildman–Crippen MR) is 186 cm³/mol. The molecule has 3 aliphatic rings. The van der Waals surface area contributed by atoms with Crippen molar-refractivity contribution < 1.29 is 22.7 Å². The lowest BCUT2D eigenvalue weighted by Crippen LogP contribution is -2.58. The van der Waals surface area contributed by atoms with Crippen LogP contribution in [-0.4, -0.2) is 106 Å². The highest BCUT2D eigenvalue weighted by molar-refractivity contribution is 7.89. The first kappa shape index (κ1) is 35.8. The van der Waals surface area contributed by atoms with Gasteiger partial charge in [0.15, 0.2) is 0 Å². The van der Waals surface area contributed by atoms with Crippen molar-refractivity contribution in [2.45, 2.75) is 94.7 Å². The fourth-order valence-electron chi connectivity index (χ4n) is 8.01. The number of ether oxygens (including phenoxy) is 2. The van der Waals surface area contributed by atoms with Crippen molar-refractivity contribution in [3.05, 3.63) is 59.2 Å². The van der Waals surface area contributed by atoms with Crippen LogP contribution in [0.4, 0.5) is 0 Å². The minimum Gasteiger partial charge on any atom is -0.497 e. The first-order chi connectivity index (χ1) is 22.5. The van der Waals surface area contributed by atoms with Crippen LogP contribution in [0.5, 0.6) is 5.75 Å². The van der Waals surface area contributed by atoms with Gasteiger partial charge in [-0.05, 0) is 114 Å². The maximum atomic E-state index is 13.8. The largest absolute Gasteiger partial charge is 0.497 e. The molecule has 1 N–H and O–H groups in total. The molecule has 0 radical (unpaired) electrons. The summed E-state index contributed by atoms with van der Waals surface area (Å²) < 4.78 is 40.4. The summed E-state index contributed by atoms with van der Waals surface area (Å²) in [5.41, 5.74) is 2.97. The number of sulfonamides is 1. The smallest absolute Gasteiger partial charge is 0.248 e. The molecule has 2 atom stereocenters. The Kier molecular flexibility index (Phi) is 12.0. The molecule has 3 fully saturated rings. The molecule has 0 aromatic heterocycles. The number of likely N-dealkylation sites (N-methyl/N-ethyl adjacent to an activating group) is 1. The predicted octanol–water partition coefficient (Wildman–Crippen LogP) is 4.80. The van der Waals surface area contributed by atoms with Gasteiger partial charge in [0.1, 0.15) is 11.9 Å². The number of aryl methyl sites for hydroxylation is 3. The fourth-order valence-corrected chi connectivity index (χ4v) is 10.1. The third-order valence-electron chi connectivity index (χ3n) is 11.0. The second-order valence-electron chi connectivity index (χ2n) is 14.2. The summed E-state index contributed by atoms with van der Waals surface area (Å²) in [7, 11) is 0.0803. The van der Waals surface area contributed by atoms with E-state index in [0.717, 1.165) is 64.7 Å². The molecule has 2 saturated heterocycles. The number of hydrogen-bond donors (Lipinski definition) is 1. The molecule has 2 aromatic carbocycles. The number of amides is 1. The summed E-state index contributed by atoms with van der Waals surface area (Å²) >= 11 is 0. The molecular weight excluding hydrogens is 612 g/mol. The Morgan fingerprint density at radius 2 is 1.66 bits per heavy atom. The third kappa shape index (κ3) is 8.57. The molecule has 2 unspecified atom stereocenters. The van der Waals surface area contributed by atoms with E-state index in [2.05, 4.69) is 52.5 Å². The molecule has 260 valence electrons. The Balaban J connectivity index is 1.11. The average Bonchev–Trinajstić information content (AvgIpc) is 3.56. The third-order valence-corrected chi connectivity index (χ3v) is 13.2. The van der Waals surface area contributed by atoms with Gasteiger partial charge in [-0.15, -0.1) is 0 Å². The normalized spacial score (nSPS) is 25.5. The van der Waals surface area contributed by atoms with Crippen molar-refractivity contribution in [1.82, 2.24) is 19.4 Å². The quantitative estimate of drug-likeness (QED) is 0.328. The molecule has 9 nitrogen and oxygen atoms in total. The number of rotatable bonds is 13. The SMILES string of the molecule is COc1cc(C)c(S(=O)(=O)N2CCCC2COC(C)C(=O)NCC2CCC(CCc3ccccc3)(N3CCN(C)CC3)CC2)c(C)c1. The van der Waals surface area contributed by atoms with Crippen LogP contribution in [0.3, 0.4) is 0 Å². The van der Waals surface area contributed by atoms with Crippen molar-refractivity contribution in [2.75, 3.05) is 60.0 Å². The molecule has 2 aliphatic heterocycles. The van der Waals surface area contributed by atoms with Crippen LogP contribution in [0.25, 0.3) is 0 Å². The Bertz CT molecular complexity index is 1410. The topological polar surface area (TPSA) is 91.4 Å². The van der Waals surface area contributed by atoms with E-state index in [1.807, 2.05) is 0 Å². The summed E-state index contributed by atoms with van der Waals surface area (Å²) in [5, 5.41) is 3.16. The summed E-state index contributed by atoms with van der Waals surface area (Å²) in [6.07, 6.45) is 7.64. The van der Waals surface area contributed by atoms with Gasteiger partial charge in [0.05, 0.1) is 18.6 Å². The van der Waals surface area contributed by atoms with Crippen molar-refractivity contribution >= 4 is 15.9 Å². The van der Waals surface area contributed by atoms with Gasteiger partial charge in [-0.3, -0.25) is 9.69 Å². The molecule has 1 aliphatic carbocycles. The highest BCUT2D eigenvalue weighted by Gasteiger charge is 2.41. The maximum Gasteiger partial charge on any atom is 0.248 e. The van der Waals surface area contributed by atoms with Crippen LogP contribution in [0.2, 0.25) is 0 Å². The molecular formula is C37H56N4O5S. The van der Waals surface area contributed by atoms with E-state index in [-0.39, 0.29) is 24.1 Å². The van der Waals surface area contributed by atoms with Gasteiger partial charge < -0.3 is 19.7 Å². The molecule has 1 amide bonds. The van der Waals surface area contributed by atoms with Crippen LogP contribution in [-0.2, 0) is 26.0 Å². The second kappa shape index (κ2) is 15.8. The zero-order valence-corrected chi connectivity index (χ0v) is 30.0. The molecule has 0 spiro atoms. The van der Waals surface area contributed by atoms with Crippen LogP contribution in [0.15, 0.2) is 47.4 Å². The zero-order valence-electron chi connectivity index (χ0n) is 29.2. The van der Waals surface area contributed by atoms with Gasteiger partial charge >= 0.3 is 0 Å². The lowest BCUT2D eigenvalue weighted by molar-refractivity contribution is -0.132. The Morgan fingerprint density at radius 1 is 1.00 bits per heavy atom. The molecule has 47 heavy (non-hydrogen) atoms. The summed E-state index contributed by atoms with van der Waals surface area (Å²) in [5.74, 6) is 0.972. The van der Waals surface area contributed by atoms with E-state index in [1.165, 1.54) is 12.0 Å². The Labute approximate surface area is 283 Å². The van der Waals surface area contributed by atoms with E-state index >= 15 is 0 Å². The zero-order chi connectivity index (χ0) is 33.6. The maximum absolute atomic E-state index is 13.8.